The first kappa shape index (κ1) is 20.5. The van der Waals surface area contributed by atoms with Gasteiger partial charge in [0.2, 0.25) is 10.0 Å². The van der Waals surface area contributed by atoms with Gasteiger partial charge < -0.3 is 15.0 Å². The number of fused-ring (bicyclic) bond motifs is 2. The van der Waals surface area contributed by atoms with E-state index in [1.165, 1.54) is 34.0 Å². The van der Waals surface area contributed by atoms with Crippen LogP contribution < -0.4 is 5.32 Å². The largest absolute Gasteiger partial charge is 0.379 e. The molecule has 7 nitrogen and oxygen atoms in total. The summed E-state index contributed by atoms with van der Waals surface area (Å²) in [6.45, 7) is 3.61. The van der Waals surface area contributed by atoms with Crippen LogP contribution in [0.4, 0.5) is 5.69 Å². The number of morpholine rings is 1. The lowest BCUT2D eigenvalue weighted by molar-refractivity contribution is -0.110. The highest BCUT2D eigenvalue weighted by Crippen LogP contribution is 2.37. The maximum atomic E-state index is 13.1. The summed E-state index contributed by atoms with van der Waals surface area (Å²) in [5, 5.41) is 2.88. The van der Waals surface area contributed by atoms with Gasteiger partial charge >= 0.3 is 0 Å². The summed E-state index contributed by atoms with van der Waals surface area (Å²) in [5.41, 5.74) is 6.68. The van der Waals surface area contributed by atoms with Crippen molar-refractivity contribution in [3.63, 3.8) is 0 Å². The van der Waals surface area contributed by atoms with Gasteiger partial charge in [-0.1, -0.05) is 6.92 Å². The number of rotatable bonds is 4. The summed E-state index contributed by atoms with van der Waals surface area (Å²) >= 11 is 0. The molecule has 1 saturated heterocycles. The zero-order valence-corrected chi connectivity index (χ0v) is 18.5. The van der Waals surface area contributed by atoms with Crippen LogP contribution in [0, 0.1) is 0 Å². The number of nitrogens with zero attached hydrogens (tertiary/aromatic N) is 1. The Bertz CT molecular complexity index is 1170. The van der Waals surface area contributed by atoms with E-state index < -0.39 is 10.0 Å². The molecule has 1 amide bonds. The number of sulfonamides is 1. The molecule has 164 valence electrons. The third-order valence-electron chi connectivity index (χ3n) is 6.47. The molecule has 0 radical (unpaired) electrons. The van der Waals surface area contributed by atoms with Gasteiger partial charge in [0.05, 0.1) is 23.7 Å². The minimum atomic E-state index is -3.63. The number of hydrogen-bond donors (Lipinski definition) is 2. The predicted molar refractivity (Wildman–Crippen MR) is 119 cm³/mol. The van der Waals surface area contributed by atoms with Crippen LogP contribution in [0.3, 0.4) is 0 Å². The van der Waals surface area contributed by atoms with Crippen LogP contribution in [0.2, 0.25) is 0 Å². The molecule has 0 spiro atoms. The SMILES string of the molecule is CCc1c(C=C2C(=O)Nc3ccc(S(=O)(=O)N4CCOCC4)cc32)[nH]c2c1CCCC2. The van der Waals surface area contributed by atoms with Crippen molar-refractivity contribution in [2.75, 3.05) is 31.6 Å². The topological polar surface area (TPSA) is 91.5 Å². The number of carbonyl (C=O) groups is 1. The van der Waals surface area contributed by atoms with Crippen LogP contribution in [0.15, 0.2) is 23.1 Å². The maximum Gasteiger partial charge on any atom is 0.256 e. The average Bonchev–Trinajstić information content (AvgIpc) is 3.30. The number of H-pyrrole nitrogens is 1. The Morgan fingerprint density at radius 3 is 2.71 bits per heavy atom. The second-order valence-electron chi connectivity index (χ2n) is 8.27. The van der Waals surface area contributed by atoms with Crippen molar-refractivity contribution < 1.29 is 17.9 Å². The Hall–Kier alpha value is -2.42. The lowest BCUT2D eigenvalue weighted by Crippen LogP contribution is -2.40. The number of anilines is 1. The van der Waals surface area contributed by atoms with Crippen molar-refractivity contribution in [3.05, 3.63) is 46.3 Å². The van der Waals surface area contributed by atoms with E-state index in [2.05, 4.69) is 17.2 Å². The molecular formula is C23H27N3O4S. The molecule has 1 aromatic heterocycles. The zero-order valence-electron chi connectivity index (χ0n) is 17.7. The van der Waals surface area contributed by atoms with E-state index in [4.69, 9.17) is 4.74 Å². The molecule has 0 atom stereocenters. The molecule has 1 fully saturated rings. The van der Waals surface area contributed by atoms with Crippen molar-refractivity contribution in [2.45, 2.75) is 43.9 Å². The number of nitrogens with one attached hydrogen (secondary N) is 2. The van der Waals surface area contributed by atoms with Crippen molar-refractivity contribution >= 4 is 33.3 Å². The van der Waals surface area contributed by atoms with Crippen LogP contribution in [0.25, 0.3) is 11.6 Å². The molecule has 0 saturated carbocycles. The number of benzene rings is 1. The van der Waals surface area contributed by atoms with Gasteiger partial charge in [-0.25, -0.2) is 8.42 Å². The highest BCUT2D eigenvalue weighted by molar-refractivity contribution is 7.89. The maximum absolute atomic E-state index is 13.1. The van der Waals surface area contributed by atoms with Gasteiger partial charge in [0.1, 0.15) is 0 Å². The number of aromatic nitrogens is 1. The Balaban J connectivity index is 1.56. The summed E-state index contributed by atoms with van der Waals surface area (Å²) in [6.07, 6.45) is 7.27. The second-order valence-corrected chi connectivity index (χ2v) is 10.2. The number of ether oxygens (including phenoxy) is 1. The molecule has 2 aliphatic heterocycles. The van der Waals surface area contributed by atoms with Crippen LogP contribution in [-0.2, 0) is 38.8 Å². The van der Waals surface area contributed by atoms with Crippen LogP contribution in [0.1, 0.15) is 47.8 Å². The molecule has 2 aromatic rings. The minimum absolute atomic E-state index is 0.203. The molecular weight excluding hydrogens is 414 g/mol. The Kier molecular flexibility index (Phi) is 5.24. The standard InChI is InChI=1S/C23H27N3O4S/c1-2-16-17-5-3-4-6-20(17)24-22(16)14-19-18-13-15(7-8-21(18)25-23(19)27)31(28,29)26-9-11-30-12-10-26/h7-8,13-14,24H,2-6,9-12H2,1H3,(H,25,27). The quantitative estimate of drug-likeness (QED) is 0.714. The van der Waals surface area contributed by atoms with Gasteiger partial charge in [0.25, 0.3) is 5.91 Å². The number of amides is 1. The van der Waals surface area contributed by atoms with Gasteiger partial charge in [-0.2, -0.15) is 4.31 Å². The van der Waals surface area contributed by atoms with Gasteiger partial charge in [0.15, 0.2) is 0 Å². The fourth-order valence-corrected chi connectivity index (χ4v) is 6.29. The molecule has 0 bridgehead atoms. The summed E-state index contributed by atoms with van der Waals surface area (Å²) in [4.78, 5) is 16.5. The summed E-state index contributed by atoms with van der Waals surface area (Å²) < 4.78 is 32.9. The smallest absolute Gasteiger partial charge is 0.256 e. The monoisotopic (exact) mass is 441 g/mol. The molecule has 0 unspecified atom stereocenters. The van der Waals surface area contributed by atoms with Crippen molar-refractivity contribution in [3.8, 4) is 0 Å². The third-order valence-corrected chi connectivity index (χ3v) is 8.36. The van der Waals surface area contributed by atoms with E-state index in [9.17, 15) is 13.2 Å². The first-order valence-electron chi connectivity index (χ1n) is 11.0. The van der Waals surface area contributed by atoms with E-state index in [0.717, 1.165) is 25.0 Å². The summed E-state index contributed by atoms with van der Waals surface area (Å²) in [5.74, 6) is -0.203. The van der Waals surface area contributed by atoms with Crippen molar-refractivity contribution in [2.24, 2.45) is 0 Å². The molecule has 1 aromatic carbocycles. The van der Waals surface area contributed by atoms with Crippen LogP contribution >= 0.6 is 0 Å². The highest BCUT2D eigenvalue weighted by Gasteiger charge is 2.31. The molecule has 5 rings (SSSR count). The molecule has 3 aliphatic rings. The van der Waals surface area contributed by atoms with Gasteiger partial charge in [0, 0.05) is 35.7 Å². The molecule has 3 heterocycles. The van der Waals surface area contributed by atoms with Crippen LogP contribution in [0.5, 0.6) is 0 Å². The first-order valence-corrected chi connectivity index (χ1v) is 12.4. The van der Waals surface area contributed by atoms with Gasteiger partial charge in [-0.15, -0.1) is 0 Å². The number of aromatic amines is 1. The fraction of sp³-hybridized carbons (Fsp3) is 0.435. The lowest BCUT2D eigenvalue weighted by Gasteiger charge is -2.26. The normalized spacial score (nSPS) is 20.5. The molecule has 31 heavy (non-hydrogen) atoms. The summed E-state index contributed by atoms with van der Waals surface area (Å²) in [6, 6.07) is 4.87. The molecule has 2 N–H and O–H groups in total. The van der Waals surface area contributed by atoms with E-state index in [-0.39, 0.29) is 10.8 Å². The number of aryl methyl sites for hydroxylation is 1. The van der Waals surface area contributed by atoms with Crippen molar-refractivity contribution in [1.82, 2.24) is 9.29 Å². The van der Waals surface area contributed by atoms with Gasteiger partial charge in [-0.3, -0.25) is 4.79 Å². The van der Waals surface area contributed by atoms with E-state index in [1.54, 1.807) is 18.2 Å². The fourth-order valence-electron chi connectivity index (χ4n) is 4.86. The van der Waals surface area contributed by atoms with E-state index >= 15 is 0 Å². The Morgan fingerprint density at radius 2 is 1.94 bits per heavy atom. The number of hydrogen-bond acceptors (Lipinski definition) is 4. The highest BCUT2D eigenvalue weighted by atomic mass is 32.2. The zero-order chi connectivity index (χ0) is 21.6. The lowest BCUT2D eigenvalue weighted by atomic mass is 9.93. The average molecular weight is 442 g/mol. The second kappa shape index (κ2) is 7.93. The third kappa shape index (κ3) is 3.52. The minimum Gasteiger partial charge on any atom is -0.379 e. The first-order chi connectivity index (χ1) is 15.0. The van der Waals surface area contributed by atoms with E-state index in [1.807, 2.05) is 6.08 Å². The van der Waals surface area contributed by atoms with Gasteiger partial charge in [-0.05, 0) is 67.5 Å². The predicted octanol–water partition coefficient (Wildman–Crippen LogP) is 2.97. The Morgan fingerprint density at radius 1 is 1.16 bits per heavy atom. The van der Waals surface area contributed by atoms with E-state index in [0.29, 0.717) is 43.1 Å². The van der Waals surface area contributed by atoms with Crippen molar-refractivity contribution in [1.29, 1.82) is 0 Å². The Labute approximate surface area is 182 Å². The molecule has 1 aliphatic carbocycles. The number of carbonyl (C=O) groups excluding carboxylic acids is 1. The molecule has 8 heteroatoms. The summed E-state index contributed by atoms with van der Waals surface area (Å²) in [7, 11) is -3.63. The van der Waals surface area contributed by atoms with Crippen LogP contribution in [-0.4, -0.2) is 49.9 Å².